The molecule has 0 saturated carbocycles. The largest absolute Gasteiger partial charge is 0.497 e. The molecule has 5 heteroatoms. The van der Waals surface area contributed by atoms with E-state index >= 15 is 0 Å². The van der Waals surface area contributed by atoms with Crippen LogP contribution in [0.1, 0.15) is 37.5 Å². The third-order valence-electron chi connectivity index (χ3n) is 5.28. The molecule has 2 rings (SSSR count). The lowest BCUT2D eigenvalue weighted by atomic mass is 10.00. The Balaban J connectivity index is 1.73. The van der Waals surface area contributed by atoms with Crippen LogP contribution >= 0.6 is 0 Å². The molecule has 0 saturated heterocycles. The van der Waals surface area contributed by atoms with E-state index in [0.717, 1.165) is 16.9 Å². The van der Waals surface area contributed by atoms with Gasteiger partial charge in [0.25, 0.3) is 0 Å². The van der Waals surface area contributed by atoms with E-state index in [1.165, 1.54) is 0 Å². The Kier molecular flexibility index (Phi) is 9.58. The van der Waals surface area contributed by atoms with E-state index in [0.29, 0.717) is 19.6 Å². The van der Waals surface area contributed by atoms with E-state index in [9.17, 15) is 9.90 Å². The lowest BCUT2D eigenvalue weighted by molar-refractivity contribution is -0.137. The minimum absolute atomic E-state index is 0.0151. The monoisotopic (exact) mass is 411 g/mol. The second-order valence-corrected chi connectivity index (χ2v) is 7.52. The molecule has 5 nitrogen and oxygen atoms in total. The van der Waals surface area contributed by atoms with Crippen LogP contribution in [-0.4, -0.2) is 42.7 Å². The van der Waals surface area contributed by atoms with Crippen LogP contribution in [0.5, 0.6) is 5.75 Å². The van der Waals surface area contributed by atoms with Gasteiger partial charge in [0.2, 0.25) is 5.91 Å². The Labute approximate surface area is 179 Å². The molecule has 3 atom stereocenters. The van der Waals surface area contributed by atoms with Gasteiger partial charge in [-0.15, -0.1) is 0 Å². The predicted molar refractivity (Wildman–Crippen MR) is 119 cm³/mol. The quantitative estimate of drug-likeness (QED) is 0.440. The van der Waals surface area contributed by atoms with Crippen molar-refractivity contribution < 1.29 is 19.4 Å². The fraction of sp³-hybridized carbons (Fsp3) is 0.400. The molecule has 0 aliphatic heterocycles. The highest BCUT2D eigenvalue weighted by atomic mass is 16.5. The van der Waals surface area contributed by atoms with E-state index < -0.39 is 6.10 Å². The number of hydrogen-bond donors (Lipinski definition) is 1. The minimum atomic E-state index is -0.714. The summed E-state index contributed by atoms with van der Waals surface area (Å²) in [6.07, 6.45) is 3.83. The molecule has 0 spiro atoms. The number of carbonyl (C=O) groups is 1. The maximum Gasteiger partial charge on any atom is 0.225 e. The van der Waals surface area contributed by atoms with Crippen LogP contribution in [0.25, 0.3) is 0 Å². The van der Waals surface area contributed by atoms with Crippen molar-refractivity contribution in [1.82, 2.24) is 4.90 Å². The third kappa shape index (κ3) is 7.01. The van der Waals surface area contributed by atoms with Gasteiger partial charge in [0.1, 0.15) is 5.75 Å². The number of aliphatic hydroxyl groups excluding tert-OH is 1. The highest BCUT2D eigenvalue weighted by Crippen LogP contribution is 2.21. The van der Waals surface area contributed by atoms with Crippen LogP contribution in [0.4, 0.5) is 0 Å². The van der Waals surface area contributed by atoms with E-state index in [2.05, 4.69) is 0 Å². The Bertz CT molecular complexity index is 789. The number of amides is 1. The Hall–Kier alpha value is -2.63. The highest BCUT2D eigenvalue weighted by Gasteiger charge is 2.26. The Morgan fingerprint density at radius 2 is 1.73 bits per heavy atom. The number of hydrogen-bond acceptors (Lipinski definition) is 4. The van der Waals surface area contributed by atoms with E-state index in [-0.39, 0.29) is 17.9 Å². The zero-order valence-corrected chi connectivity index (χ0v) is 18.3. The summed E-state index contributed by atoms with van der Waals surface area (Å²) < 4.78 is 10.8. The van der Waals surface area contributed by atoms with Crippen LogP contribution in [-0.2, 0) is 16.1 Å². The molecule has 0 radical (unpaired) electrons. The molecular formula is C25H33NO4. The minimum Gasteiger partial charge on any atom is -0.497 e. The SMILES string of the molecule is COc1ccc(COC/C=C\C[C@@H](C)C(=O)N(C)[C@@H](C)[C@@H](O)c2ccccc2)cc1. The van der Waals surface area contributed by atoms with Crippen LogP contribution < -0.4 is 4.74 Å². The molecule has 0 aromatic heterocycles. The smallest absolute Gasteiger partial charge is 0.225 e. The normalized spacial score (nSPS) is 14.3. The van der Waals surface area contributed by atoms with Gasteiger partial charge in [0, 0.05) is 13.0 Å². The average molecular weight is 412 g/mol. The van der Waals surface area contributed by atoms with Crippen molar-refractivity contribution in [3.05, 3.63) is 77.9 Å². The van der Waals surface area contributed by atoms with Crippen molar-refractivity contribution in [2.45, 2.75) is 39.0 Å². The summed E-state index contributed by atoms with van der Waals surface area (Å²) >= 11 is 0. The van der Waals surface area contributed by atoms with Gasteiger partial charge in [0.05, 0.1) is 32.5 Å². The molecule has 162 valence electrons. The molecular weight excluding hydrogens is 378 g/mol. The summed E-state index contributed by atoms with van der Waals surface area (Å²) in [7, 11) is 3.39. The molecule has 1 amide bonds. The number of allylic oxidation sites excluding steroid dienone is 1. The number of nitrogens with zero attached hydrogens (tertiary/aromatic N) is 1. The standard InChI is InChI=1S/C25H33NO4/c1-19(10-8-9-17-30-18-21-13-15-23(29-4)16-14-21)25(28)26(3)20(2)24(27)22-11-6-5-7-12-22/h5-9,11-16,19-20,24,27H,10,17-18H2,1-4H3/b9-8-/t19-,20+,24-/m1/s1. The lowest BCUT2D eigenvalue weighted by Gasteiger charge is -2.31. The van der Waals surface area contributed by atoms with E-state index in [1.807, 2.05) is 80.6 Å². The summed E-state index contributed by atoms with van der Waals surface area (Å²) in [5.41, 5.74) is 1.89. The molecule has 0 bridgehead atoms. The summed E-state index contributed by atoms with van der Waals surface area (Å²) in [6.45, 7) is 4.79. The fourth-order valence-electron chi connectivity index (χ4n) is 3.12. The highest BCUT2D eigenvalue weighted by molar-refractivity contribution is 5.78. The van der Waals surface area contributed by atoms with Crippen molar-refractivity contribution in [3.8, 4) is 5.75 Å². The molecule has 0 aliphatic rings. The molecule has 0 heterocycles. The molecule has 2 aromatic rings. The van der Waals surface area contributed by atoms with Crippen LogP contribution in [0, 0.1) is 5.92 Å². The maximum absolute atomic E-state index is 12.7. The summed E-state index contributed by atoms with van der Waals surface area (Å²) in [5, 5.41) is 10.6. The molecule has 30 heavy (non-hydrogen) atoms. The first-order valence-corrected chi connectivity index (χ1v) is 10.3. The number of carbonyl (C=O) groups excluding carboxylic acids is 1. The van der Waals surface area contributed by atoms with Gasteiger partial charge in [0.15, 0.2) is 0 Å². The zero-order valence-electron chi connectivity index (χ0n) is 18.3. The van der Waals surface area contributed by atoms with Gasteiger partial charge in [-0.3, -0.25) is 4.79 Å². The zero-order chi connectivity index (χ0) is 21.9. The van der Waals surface area contributed by atoms with Crippen LogP contribution in [0.2, 0.25) is 0 Å². The van der Waals surface area contributed by atoms with Gasteiger partial charge in [-0.2, -0.15) is 0 Å². The summed E-state index contributed by atoms with van der Waals surface area (Å²) in [6, 6.07) is 16.9. The average Bonchev–Trinajstić information content (AvgIpc) is 2.80. The van der Waals surface area contributed by atoms with Gasteiger partial charge in [-0.25, -0.2) is 0 Å². The van der Waals surface area contributed by atoms with Gasteiger partial charge >= 0.3 is 0 Å². The Morgan fingerprint density at radius 1 is 1.07 bits per heavy atom. The third-order valence-corrected chi connectivity index (χ3v) is 5.28. The van der Waals surface area contributed by atoms with Crippen molar-refractivity contribution in [2.75, 3.05) is 20.8 Å². The second-order valence-electron chi connectivity index (χ2n) is 7.52. The van der Waals surface area contributed by atoms with Gasteiger partial charge < -0.3 is 19.5 Å². The molecule has 2 aromatic carbocycles. The maximum atomic E-state index is 12.7. The summed E-state index contributed by atoms with van der Waals surface area (Å²) in [4.78, 5) is 14.4. The first-order valence-electron chi connectivity index (χ1n) is 10.3. The molecule has 1 N–H and O–H groups in total. The number of likely N-dealkylation sites (N-methyl/N-ethyl adjacent to an activating group) is 1. The fourth-order valence-corrected chi connectivity index (χ4v) is 3.12. The molecule has 0 aliphatic carbocycles. The Morgan fingerprint density at radius 3 is 2.37 bits per heavy atom. The molecule has 0 fully saturated rings. The second kappa shape index (κ2) is 12.2. The summed E-state index contributed by atoms with van der Waals surface area (Å²) in [5.74, 6) is 0.674. The lowest BCUT2D eigenvalue weighted by Crippen LogP contribution is -2.41. The molecule has 0 unspecified atom stereocenters. The number of ether oxygens (including phenoxy) is 2. The van der Waals surface area contributed by atoms with Crippen molar-refractivity contribution in [2.24, 2.45) is 5.92 Å². The van der Waals surface area contributed by atoms with Crippen molar-refractivity contribution >= 4 is 5.91 Å². The predicted octanol–water partition coefficient (Wildman–Crippen LogP) is 4.37. The van der Waals surface area contributed by atoms with E-state index in [4.69, 9.17) is 9.47 Å². The van der Waals surface area contributed by atoms with Crippen LogP contribution in [0.3, 0.4) is 0 Å². The van der Waals surface area contributed by atoms with Crippen molar-refractivity contribution in [3.63, 3.8) is 0 Å². The first-order chi connectivity index (χ1) is 14.4. The number of aliphatic hydroxyl groups is 1. The topological polar surface area (TPSA) is 59.0 Å². The van der Waals surface area contributed by atoms with Crippen molar-refractivity contribution in [1.29, 1.82) is 0 Å². The number of methoxy groups -OCH3 is 1. The van der Waals surface area contributed by atoms with Gasteiger partial charge in [-0.05, 0) is 36.6 Å². The van der Waals surface area contributed by atoms with Crippen LogP contribution in [0.15, 0.2) is 66.7 Å². The first kappa shape index (κ1) is 23.6. The van der Waals surface area contributed by atoms with Gasteiger partial charge in [-0.1, -0.05) is 61.5 Å². The number of benzene rings is 2. The van der Waals surface area contributed by atoms with E-state index in [1.54, 1.807) is 19.1 Å². The number of rotatable bonds is 11.